The van der Waals surface area contributed by atoms with E-state index in [1.807, 2.05) is 48.5 Å². The number of carbonyl (C=O) groups is 2. The SMILES string of the molecule is [2H]Cc1cc(COC(=O)CCC(=O)[O-])cc(-c2ccccc2)c1. The van der Waals surface area contributed by atoms with E-state index in [4.69, 9.17) is 6.11 Å². The standard InChI is InChI=1S/C18H18O4/c1-13-9-14(12-22-18(21)8-7-17(19)20)11-16(10-13)15-5-3-2-4-6-15/h2-6,9-11H,7-8,12H2,1H3,(H,19,20)/p-1/i1D. The highest BCUT2D eigenvalue weighted by atomic mass is 16.5. The molecule has 0 amide bonds. The molecule has 2 aromatic rings. The smallest absolute Gasteiger partial charge is 0.306 e. The van der Waals surface area contributed by atoms with Gasteiger partial charge in [0.25, 0.3) is 0 Å². The Morgan fingerprint density at radius 3 is 2.55 bits per heavy atom. The molecule has 4 nitrogen and oxygen atoms in total. The Hall–Kier alpha value is -2.62. The molecule has 0 saturated heterocycles. The second-order valence-corrected chi connectivity index (χ2v) is 4.94. The normalized spacial score (nSPS) is 10.8. The van der Waals surface area contributed by atoms with Gasteiger partial charge in [0, 0.05) is 7.34 Å². The second-order valence-electron chi connectivity index (χ2n) is 4.94. The Balaban J connectivity index is 2.10. The zero-order valence-corrected chi connectivity index (χ0v) is 12.1. The van der Waals surface area contributed by atoms with Gasteiger partial charge >= 0.3 is 5.97 Å². The van der Waals surface area contributed by atoms with Crippen LogP contribution < -0.4 is 5.11 Å². The van der Waals surface area contributed by atoms with Crippen LogP contribution in [0.2, 0.25) is 0 Å². The second kappa shape index (κ2) is 7.41. The molecule has 2 aromatic carbocycles. The molecule has 0 unspecified atom stereocenters. The topological polar surface area (TPSA) is 66.4 Å². The summed E-state index contributed by atoms with van der Waals surface area (Å²) >= 11 is 0. The van der Waals surface area contributed by atoms with E-state index in [0.29, 0.717) is 0 Å². The van der Waals surface area contributed by atoms with Gasteiger partial charge in [0.1, 0.15) is 6.61 Å². The maximum Gasteiger partial charge on any atom is 0.306 e. The molecule has 4 heteroatoms. The third-order valence-corrected chi connectivity index (χ3v) is 3.09. The van der Waals surface area contributed by atoms with Crippen LogP contribution in [0.3, 0.4) is 0 Å². The van der Waals surface area contributed by atoms with Crippen molar-refractivity contribution >= 4 is 11.9 Å². The Labute approximate surface area is 130 Å². The summed E-state index contributed by atoms with van der Waals surface area (Å²) in [5.41, 5.74) is 3.58. The largest absolute Gasteiger partial charge is 0.550 e. The van der Waals surface area contributed by atoms with E-state index in [0.717, 1.165) is 22.3 Å². The summed E-state index contributed by atoms with van der Waals surface area (Å²) < 4.78 is 12.6. The van der Waals surface area contributed by atoms with Crippen molar-refractivity contribution in [2.45, 2.75) is 26.3 Å². The van der Waals surface area contributed by atoms with E-state index in [2.05, 4.69) is 0 Å². The van der Waals surface area contributed by atoms with Gasteiger partial charge in [-0.3, -0.25) is 4.79 Å². The number of hydrogen-bond donors (Lipinski definition) is 0. The van der Waals surface area contributed by atoms with Crippen LogP contribution in [0.1, 0.15) is 25.3 Å². The van der Waals surface area contributed by atoms with E-state index >= 15 is 0 Å². The molecule has 0 aliphatic rings. The van der Waals surface area contributed by atoms with Crippen LogP contribution in [-0.2, 0) is 20.9 Å². The fraction of sp³-hybridized carbons (Fsp3) is 0.222. The lowest BCUT2D eigenvalue weighted by Gasteiger charge is -2.09. The number of esters is 1. The number of aliphatic carboxylic acids is 1. The quantitative estimate of drug-likeness (QED) is 0.767. The minimum absolute atomic E-state index is 0.0551. The molecule has 0 heterocycles. The highest BCUT2D eigenvalue weighted by Gasteiger charge is 2.06. The maximum atomic E-state index is 11.5. The summed E-state index contributed by atoms with van der Waals surface area (Å²) in [6.07, 6.45) is -0.549. The van der Waals surface area contributed by atoms with Crippen molar-refractivity contribution in [3.63, 3.8) is 0 Å². The van der Waals surface area contributed by atoms with Gasteiger partial charge in [-0.2, -0.15) is 0 Å². The molecule has 0 aromatic heterocycles. The van der Waals surface area contributed by atoms with Crippen molar-refractivity contribution in [1.29, 1.82) is 0 Å². The molecule has 0 atom stereocenters. The summed E-state index contributed by atoms with van der Waals surface area (Å²) in [6.45, 7) is 0.186. The monoisotopic (exact) mass is 298 g/mol. The number of hydrogen-bond acceptors (Lipinski definition) is 4. The summed E-state index contributed by atoms with van der Waals surface area (Å²) in [5, 5.41) is 10.3. The van der Waals surface area contributed by atoms with Crippen LogP contribution in [0.4, 0.5) is 0 Å². The molecule has 0 N–H and O–H groups in total. The molecule has 0 saturated carbocycles. The molecule has 0 fully saturated rings. The zero-order chi connectivity index (χ0) is 16.7. The Morgan fingerprint density at radius 2 is 1.86 bits per heavy atom. The van der Waals surface area contributed by atoms with E-state index in [1.165, 1.54) is 0 Å². The number of benzene rings is 2. The first-order valence-corrected chi connectivity index (χ1v) is 6.91. The van der Waals surface area contributed by atoms with Crippen LogP contribution in [0.25, 0.3) is 11.1 Å². The summed E-state index contributed by atoms with van der Waals surface area (Å²) in [6, 6.07) is 15.4. The number of aryl methyl sites for hydroxylation is 1. The lowest BCUT2D eigenvalue weighted by atomic mass is 10.0. The first kappa shape index (κ1) is 14.3. The van der Waals surface area contributed by atoms with Gasteiger partial charge in [-0.05, 0) is 36.1 Å². The zero-order valence-electron chi connectivity index (χ0n) is 13.1. The fourth-order valence-corrected chi connectivity index (χ4v) is 2.08. The molecule has 114 valence electrons. The lowest BCUT2D eigenvalue weighted by molar-refractivity contribution is -0.305. The number of rotatable bonds is 6. The van der Waals surface area contributed by atoms with Crippen molar-refractivity contribution in [3.8, 4) is 11.1 Å². The highest BCUT2D eigenvalue weighted by molar-refractivity contribution is 5.75. The first-order chi connectivity index (χ1) is 11.1. The Bertz CT molecular complexity index is 683. The van der Waals surface area contributed by atoms with E-state index < -0.39 is 11.9 Å². The number of carboxylic acid groups (broad SMARTS) is 1. The van der Waals surface area contributed by atoms with Gasteiger partial charge < -0.3 is 14.6 Å². The summed E-state index contributed by atoms with van der Waals surface area (Å²) in [7, 11) is 0. The number of carbonyl (C=O) groups excluding carboxylic acids is 2. The maximum absolute atomic E-state index is 11.5. The molecule has 0 aliphatic carbocycles. The summed E-state index contributed by atoms with van der Waals surface area (Å²) in [5.74, 6) is -1.85. The molecule has 22 heavy (non-hydrogen) atoms. The van der Waals surface area contributed by atoms with Crippen LogP contribution in [-0.4, -0.2) is 11.9 Å². The first-order valence-electron chi connectivity index (χ1n) is 7.62. The van der Waals surface area contributed by atoms with Crippen molar-refractivity contribution in [1.82, 2.24) is 0 Å². The molecule has 0 aliphatic heterocycles. The number of ether oxygens (including phenoxy) is 1. The van der Waals surface area contributed by atoms with Crippen LogP contribution in [0.15, 0.2) is 48.5 Å². The van der Waals surface area contributed by atoms with E-state index in [-0.39, 0.29) is 26.3 Å². The van der Waals surface area contributed by atoms with Gasteiger partial charge in [0.2, 0.25) is 0 Å². The Morgan fingerprint density at radius 1 is 1.09 bits per heavy atom. The average Bonchev–Trinajstić information content (AvgIpc) is 2.58. The van der Waals surface area contributed by atoms with Gasteiger partial charge in [-0.15, -0.1) is 0 Å². The predicted octanol–water partition coefficient (Wildman–Crippen LogP) is 2.24. The number of carboxylic acids is 1. The lowest BCUT2D eigenvalue weighted by Crippen LogP contribution is -2.23. The van der Waals surface area contributed by atoms with Gasteiger partial charge in [0.15, 0.2) is 0 Å². The highest BCUT2D eigenvalue weighted by Crippen LogP contribution is 2.22. The summed E-state index contributed by atoms with van der Waals surface area (Å²) in [4.78, 5) is 21.8. The van der Waals surface area contributed by atoms with Crippen molar-refractivity contribution in [2.24, 2.45) is 0 Å². The van der Waals surface area contributed by atoms with Crippen molar-refractivity contribution < 1.29 is 20.8 Å². The molecule has 0 bridgehead atoms. The van der Waals surface area contributed by atoms with Crippen LogP contribution >= 0.6 is 0 Å². The molecular weight excluding hydrogens is 280 g/mol. The van der Waals surface area contributed by atoms with Gasteiger partial charge in [-0.25, -0.2) is 0 Å². The molecule has 0 radical (unpaired) electrons. The minimum Gasteiger partial charge on any atom is -0.550 e. The molecule has 0 spiro atoms. The molecule has 2 rings (SSSR count). The average molecular weight is 298 g/mol. The van der Waals surface area contributed by atoms with Gasteiger partial charge in [0.05, 0.1) is 6.42 Å². The third kappa shape index (κ3) is 4.74. The van der Waals surface area contributed by atoms with Gasteiger partial charge in [-0.1, -0.05) is 48.0 Å². The van der Waals surface area contributed by atoms with E-state index in [9.17, 15) is 14.7 Å². The molecular formula is C18H17O4-. The van der Waals surface area contributed by atoms with Crippen molar-refractivity contribution in [3.05, 3.63) is 59.7 Å². The van der Waals surface area contributed by atoms with E-state index in [1.54, 1.807) is 0 Å². The van der Waals surface area contributed by atoms with Crippen LogP contribution in [0, 0.1) is 6.90 Å². The fourth-order valence-electron chi connectivity index (χ4n) is 2.08. The predicted molar refractivity (Wildman–Crippen MR) is 80.7 cm³/mol. The van der Waals surface area contributed by atoms with Crippen LogP contribution in [0.5, 0.6) is 0 Å². The van der Waals surface area contributed by atoms with Crippen molar-refractivity contribution in [2.75, 3.05) is 0 Å². The Kier molecular flexibility index (Phi) is 4.82. The minimum atomic E-state index is -1.27. The third-order valence-electron chi connectivity index (χ3n) is 3.09.